The van der Waals surface area contributed by atoms with E-state index in [1.165, 1.54) is 38.4 Å². The van der Waals surface area contributed by atoms with Gasteiger partial charge in [0.2, 0.25) is 0 Å². The van der Waals surface area contributed by atoms with Crippen molar-refractivity contribution in [3.05, 3.63) is 200 Å². The Kier molecular flexibility index (Phi) is 7.18. The lowest BCUT2D eigenvalue weighted by Gasteiger charge is -2.26. The summed E-state index contributed by atoms with van der Waals surface area (Å²) in [7, 11) is 0. The van der Waals surface area contributed by atoms with Crippen molar-refractivity contribution in [2.24, 2.45) is 0 Å². The highest BCUT2D eigenvalue weighted by molar-refractivity contribution is 6.24. The van der Waals surface area contributed by atoms with Gasteiger partial charge in [0.15, 0.2) is 0 Å². The molecule has 0 saturated heterocycles. The average molecular weight is 664 g/mol. The maximum Gasteiger partial charge on any atom is 0.143 e. The summed E-state index contributed by atoms with van der Waals surface area (Å²) in [5.74, 6) is 0. The predicted molar refractivity (Wildman–Crippen MR) is 220 cm³/mol. The Bertz CT molecular complexity index is 2870. The molecular formula is C50H33NO. The van der Waals surface area contributed by atoms with Crippen molar-refractivity contribution in [1.29, 1.82) is 0 Å². The molecule has 10 rings (SSSR count). The summed E-state index contributed by atoms with van der Waals surface area (Å²) >= 11 is 0. The number of hydrogen-bond donors (Lipinski definition) is 0. The largest absolute Gasteiger partial charge is 0.455 e. The SMILES string of the molecule is c1ccc(-c2ccc(-c3ccc(N(c4ccccc4)c4cccc(-c5cccc6c5oc5c6ccc6ccc7ccccc7c65)c4)cc3)cc2)cc1. The summed E-state index contributed by atoms with van der Waals surface area (Å²) in [5.41, 5.74) is 12.1. The second-order valence-electron chi connectivity index (χ2n) is 13.3. The molecule has 9 aromatic carbocycles. The first-order valence-corrected chi connectivity index (χ1v) is 17.8. The van der Waals surface area contributed by atoms with E-state index in [1.807, 2.05) is 0 Å². The van der Waals surface area contributed by atoms with Gasteiger partial charge in [0, 0.05) is 38.8 Å². The number of benzene rings is 9. The van der Waals surface area contributed by atoms with Crippen LogP contribution in [0.4, 0.5) is 17.1 Å². The summed E-state index contributed by atoms with van der Waals surface area (Å²) < 4.78 is 6.90. The van der Waals surface area contributed by atoms with Gasteiger partial charge in [-0.05, 0) is 86.4 Å². The van der Waals surface area contributed by atoms with Crippen LogP contribution in [0, 0.1) is 0 Å². The lowest BCUT2D eigenvalue weighted by atomic mass is 9.98. The van der Waals surface area contributed by atoms with E-state index in [1.54, 1.807) is 0 Å². The maximum absolute atomic E-state index is 6.90. The van der Waals surface area contributed by atoms with Crippen LogP contribution in [0.3, 0.4) is 0 Å². The zero-order valence-electron chi connectivity index (χ0n) is 28.4. The molecule has 0 N–H and O–H groups in total. The molecule has 0 unspecified atom stereocenters. The quantitative estimate of drug-likeness (QED) is 0.165. The van der Waals surface area contributed by atoms with Crippen LogP contribution in [-0.4, -0.2) is 0 Å². The number of nitrogens with zero attached hydrogens (tertiary/aromatic N) is 1. The van der Waals surface area contributed by atoms with Gasteiger partial charge in [-0.1, -0.05) is 158 Å². The summed E-state index contributed by atoms with van der Waals surface area (Å²) in [5, 5.41) is 7.03. The van der Waals surface area contributed by atoms with Gasteiger partial charge in [-0.25, -0.2) is 0 Å². The molecule has 0 saturated carbocycles. The number of furan rings is 1. The molecule has 0 aliphatic carbocycles. The van der Waals surface area contributed by atoms with Crippen molar-refractivity contribution in [3.63, 3.8) is 0 Å². The van der Waals surface area contributed by atoms with Gasteiger partial charge in [-0.3, -0.25) is 0 Å². The van der Waals surface area contributed by atoms with Gasteiger partial charge in [-0.15, -0.1) is 0 Å². The summed E-state index contributed by atoms with van der Waals surface area (Å²) in [6, 6.07) is 71.5. The average Bonchev–Trinajstić information content (AvgIpc) is 3.61. The van der Waals surface area contributed by atoms with Crippen LogP contribution in [0.1, 0.15) is 0 Å². The molecule has 2 nitrogen and oxygen atoms in total. The van der Waals surface area contributed by atoms with Crippen LogP contribution in [-0.2, 0) is 0 Å². The Hall–Kier alpha value is -6.90. The lowest BCUT2D eigenvalue weighted by molar-refractivity contribution is 0.674. The molecule has 0 fully saturated rings. The topological polar surface area (TPSA) is 16.4 Å². The van der Waals surface area contributed by atoms with Crippen molar-refractivity contribution >= 4 is 60.5 Å². The van der Waals surface area contributed by atoms with E-state index in [0.29, 0.717) is 0 Å². The van der Waals surface area contributed by atoms with Crippen LogP contribution < -0.4 is 4.90 Å². The molecule has 0 atom stereocenters. The highest BCUT2D eigenvalue weighted by Crippen LogP contribution is 2.43. The minimum absolute atomic E-state index is 0.906. The van der Waals surface area contributed by atoms with E-state index in [9.17, 15) is 0 Å². The number of para-hydroxylation sites is 2. The molecular weight excluding hydrogens is 631 g/mol. The van der Waals surface area contributed by atoms with E-state index in [0.717, 1.165) is 55.5 Å². The third kappa shape index (κ3) is 5.12. The van der Waals surface area contributed by atoms with Gasteiger partial charge in [0.1, 0.15) is 11.2 Å². The van der Waals surface area contributed by atoms with Crippen molar-refractivity contribution in [1.82, 2.24) is 0 Å². The van der Waals surface area contributed by atoms with Crippen molar-refractivity contribution in [2.45, 2.75) is 0 Å². The first-order valence-electron chi connectivity index (χ1n) is 17.8. The molecule has 2 heteroatoms. The van der Waals surface area contributed by atoms with E-state index >= 15 is 0 Å². The van der Waals surface area contributed by atoms with Gasteiger partial charge in [0.05, 0.1) is 0 Å². The van der Waals surface area contributed by atoms with Gasteiger partial charge < -0.3 is 9.32 Å². The second-order valence-corrected chi connectivity index (χ2v) is 13.3. The van der Waals surface area contributed by atoms with Gasteiger partial charge in [0.25, 0.3) is 0 Å². The van der Waals surface area contributed by atoms with Crippen LogP contribution in [0.25, 0.3) is 76.9 Å². The highest BCUT2D eigenvalue weighted by Gasteiger charge is 2.18. The Balaban J connectivity index is 1.06. The summed E-state index contributed by atoms with van der Waals surface area (Å²) in [4.78, 5) is 2.32. The molecule has 0 spiro atoms. The highest BCUT2D eigenvalue weighted by atomic mass is 16.3. The fourth-order valence-electron chi connectivity index (χ4n) is 7.70. The monoisotopic (exact) mass is 663 g/mol. The molecule has 0 radical (unpaired) electrons. The van der Waals surface area contributed by atoms with Crippen LogP contribution >= 0.6 is 0 Å². The number of fused-ring (bicyclic) bond motifs is 7. The van der Waals surface area contributed by atoms with Crippen molar-refractivity contribution < 1.29 is 4.42 Å². The molecule has 1 heterocycles. The van der Waals surface area contributed by atoms with E-state index in [2.05, 4.69) is 205 Å². The molecule has 0 bridgehead atoms. The molecule has 52 heavy (non-hydrogen) atoms. The fraction of sp³-hybridized carbons (Fsp3) is 0. The van der Waals surface area contributed by atoms with Crippen molar-refractivity contribution in [3.8, 4) is 33.4 Å². The van der Waals surface area contributed by atoms with Crippen LogP contribution in [0.2, 0.25) is 0 Å². The molecule has 10 aromatic rings. The normalized spacial score (nSPS) is 11.5. The van der Waals surface area contributed by atoms with Gasteiger partial charge in [-0.2, -0.15) is 0 Å². The van der Waals surface area contributed by atoms with Gasteiger partial charge >= 0.3 is 0 Å². The Labute approximate surface area is 302 Å². The first-order chi connectivity index (χ1) is 25.8. The third-order valence-electron chi connectivity index (χ3n) is 10.3. The van der Waals surface area contributed by atoms with E-state index < -0.39 is 0 Å². The Morgan fingerprint density at radius 2 is 0.827 bits per heavy atom. The first kappa shape index (κ1) is 30.0. The molecule has 0 aliphatic rings. The van der Waals surface area contributed by atoms with E-state index in [4.69, 9.17) is 4.42 Å². The summed E-state index contributed by atoms with van der Waals surface area (Å²) in [6.45, 7) is 0. The zero-order valence-corrected chi connectivity index (χ0v) is 28.4. The Morgan fingerprint density at radius 3 is 1.60 bits per heavy atom. The third-order valence-corrected chi connectivity index (χ3v) is 10.3. The molecule has 244 valence electrons. The minimum atomic E-state index is 0.906. The number of rotatable bonds is 6. The Morgan fingerprint density at radius 1 is 0.308 bits per heavy atom. The minimum Gasteiger partial charge on any atom is -0.455 e. The summed E-state index contributed by atoms with van der Waals surface area (Å²) in [6.07, 6.45) is 0. The molecule has 0 aliphatic heterocycles. The lowest BCUT2D eigenvalue weighted by Crippen LogP contribution is -2.09. The number of hydrogen-bond acceptors (Lipinski definition) is 2. The number of anilines is 3. The molecule has 1 aromatic heterocycles. The van der Waals surface area contributed by atoms with E-state index in [-0.39, 0.29) is 0 Å². The van der Waals surface area contributed by atoms with Crippen molar-refractivity contribution in [2.75, 3.05) is 4.90 Å². The predicted octanol–water partition coefficient (Wildman–Crippen LogP) is 14.4. The van der Waals surface area contributed by atoms with Crippen LogP contribution in [0.15, 0.2) is 205 Å². The van der Waals surface area contributed by atoms with Crippen LogP contribution in [0.5, 0.6) is 0 Å². The smallest absolute Gasteiger partial charge is 0.143 e. The second kappa shape index (κ2) is 12.5. The standard InChI is InChI=1S/C50H33NO/c1-3-11-34(12-4-1)35-21-23-36(24-22-35)37-27-30-42(31-28-37)51(41-15-5-2-6-16-41)43-17-9-14-40(33-43)45-19-10-20-46-47-32-29-39-26-25-38-13-7-8-18-44(38)48(39)50(47)52-49(45)46/h1-33H. The molecule has 0 amide bonds. The fourth-order valence-corrected chi connectivity index (χ4v) is 7.70. The maximum atomic E-state index is 6.90. The zero-order chi connectivity index (χ0) is 34.4.